The van der Waals surface area contributed by atoms with Crippen LogP contribution in [0.3, 0.4) is 0 Å². The fourth-order valence-corrected chi connectivity index (χ4v) is 4.18. The van der Waals surface area contributed by atoms with E-state index in [0.29, 0.717) is 0 Å². The lowest BCUT2D eigenvalue weighted by molar-refractivity contribution is 1.17. The van der Waals surface area contributed by atoms with Gasteiger partial charge in [0.15, 0.2) is 5.65 Å². The van der Waals surface area contributed by atoms with Crippen molar-refractivity contribution in [2.24, 2.45) is 0 Å². The van der Waals surface area contributed by atoms with Gasteiger partial charge in [-0.2, -0.15) is 0 Å². The van der Waals surface area contributed by atoms with Crippen LogP contribution in [0.4, 0.5) is 0 Å². The first-order valence-electron chi connectivity index (χ1n) is 5.63. The van der Waals surface area contributed by atoms with Gasteiger partial charge in [-0.3, -0.25) is 3.97 Å². The van der Waals surface area contributed by atoms with Crippen LogP contribution >= 0.6 is 11.1 Å². The van der Waals surface area contributed by atoms with E-state index in [1.165, 1.54) is 10.5 Å². The summed E-state index contributed by atoms with van der Waals surface area (Å²) < 4.78 is 2.15. The van der Waals surface area contributed by atoms with Crippen molar-refractivity contribution < 1.29 is 0 Å². The molecule has 1 aliphatic rings. The summed E-state index contributed by atoms with van der Waals surface area (Å²) >= 11 is -0.535. The second-order valence-electron chi connectivity index (χ2n) is 4.04. The zero-order valence-electron chi connectivity index (χ0n) is 9.43. The molecular formula is C13H10N4S. The van der Waals surface area contributed by atoms with Gasteiger partial charge in [0.1, 0.15) is 18.2 Å². The highest BCUT2D eigenvalue weighted by atomic mass is 32.2. The minimum atomic E-state index is -0.535. The van der Waals surface area contributed by atoms with E-state index in [1.54, 1.807) is 12.5 Å². The minimum Gasteiger partial charge on any atom is -0.270 e. The molecular weight excluding hydrogens is 244 g/mol. The standard InChI is InChI=1S/C13H10N4S/c1-2-4-12-10(3-1)5-6-18(12)17-9-16-11-7-14-8-15-13(11)17/h1-9,18H. The maximum absolute atomic E-state index is 4.36. The number of aromatic nitrogens is 4. The Morgan fingerprint density at radius 3 is 3.06 bits per heavy atom. The second-order valence-corrected chi connectivity index (χ2v) is 5.94. The Bertz CT molecular complexity index is 762. The van der Waals surface area contributed by atoms with Gasteiger partial charge >= 0.3 is 0 Å². The SMILES string of the molecule is C1=C[SH](n2cnc3cncnc32)c2ccccc21. The largest absolute Gasteiger partial charge is 0.270 e. The summed E-state index contributed by atoms with van der Waals surface area (Å²) in [6.07, 6.45) is 7.35. The Morgan fingerprint density at radius 1 is 1.11 bits per heavy atom. The van der Waals surface area contributed by atoms with Crippen LogP contribution in [0.1, 0.15) is 5.56 Å². The first kappa shape index (κ1) is 9.85. The molecule has 4 nitrogen and oxygen atoms in total. The van der Waals surface area contributed by atoms with Crippen molar-refractivity contribution in [3.63, 3.8) is 0 Å². The molecule has 5 heteroatoms. The fraction of sp³-hybridized carbons (Fsp3) is 0. The molecule has 0 amide bonds. The van der Waals surface area contributed by atoms with Gasteiger partial charge in [-0.25, -0.2) is 15.0 Å². The number of rotatable bonds is 1. The Morgan fingerprint density at radius 2 is 2.06 bits per heavy atom. The van der Waals surface area contributed by atoms with Crippen molar-refractivity contribution in [3.8, 4) is 0 Å². The molecule has 18 heavy (non-hydrogen) atoms. The zero-order chi connectivity index (χ0) is 11.9. The van der Waals surface area contributed by atoms with Gasteiger partial charge < -0.3 is 0 Å². The van der Waals surface area contributed by atoms with Crippen LogP contribution in [0.15, 0.2) is 53.4 Å². The van der Waals surface area contributed by atoms with Crippen molar-refractivity contribution >= 4 is 28.3 Å². The van der Waals surface area contributed by atoms with Crippen LogP contribution in [0, 0.1) is 0 Å². The molecule has 1 aromatic carbocycles. The average molecular weight is 254 g/mol. The predicted molar refractivity (Wildman–Crippen MR) is 73.4 cm³/mol. The van der Waals surface area contributed by atoms with Crippen molar-refractivity contribution in [1.29, 1.82) is 0 Å². The Labute approximate surface area is 107 Å². The summed E-state index contributed by atoms with van der Waals surface area (Å²) in [4.78, 5) is 14.0. The predicted octanol–water partition coefficient (Wildman–Crippen LogP) is 2.63. The fourth-order valence-electron chi connectivity index (χ4n) is 2.17. The lowest BCUT2D eigenvalue weighted by Gasteiger charge is -2.17. The van der Waals surface area contributed by atoms with Gasteiger partial charge in [0.25, 0.3) is 0 Å². The Balaban J connectivity index is 1.93. The number of nitrogens with zero attached hydrogens (tertiary/aromatic N) is 4. The van der Waals surface area contributed by atoms with Crippen molar-refractivity contribution in [3.05, 3.63) is 54.1 Å². The molecule has 0 spiro atoms. The highest BCUT2D eigenvalue weighted by Gasteiger charge is 2.17. The molecule has 2 aromatic heterocycles. The molecule has 0 bridgehead atoms. The molecule has 0 radical (unpaired) electrons. The first-order chi connectivity index (χ1) is 8.93. The number of thiol groups is 1. The van der Waals surface area contributed by atoms with Gasteiger partial charge in [0.05, 0.1) is 6.20 Å². The smallest absolute Gasteiger partial charge is 0.172 e. The minimum absolute atomic E-state index is 0.535. The molecule has 1 atom stereocenters. The lowest BCUT2D eigenvalue weighted by atomic mass is 10.2. The molecule has 88 valence electrons. The van der Waals surface area contributed by atoms with E-state index >= 15 is 0 Å². The van der Waals surface area contributed by atoms with Crippen LogP contribution in [-0.2, 0) is 0 Å². The quantitative estimate of drug-likeness (QED) is 0.679. The molecule has 4 rings (SSSR count). The summed E-state index contributed by atoms with van der Waals surface area (Å²) in [5.74, 6) is 0. The van der Waals surface area contributed by atoms with Crippen molar-refractivity contribution in [2.45, 2.75) is 4.90 Å². The molecule has 0 N–H and O–H groups in total. The van der Waals surface area contributed by atoms with E-state index in [-0.39, 0.29) is 0 Å². The first-order valence-corrected chi connectivity index (χ1v) is 7.00. The topological polar surface area (TPSA) is 43.6 Å². The van der Waals surface area contributed by atoms with E-state index in [4.69, 9.17) is 0 Å². The van der Waals surface area contributed by atoms with Crippen LogP contribution < -0.4 is 0 Å². The van der Waals surface area contributed by atoms with E-state index in [9.17, 15) is 0 Å². The third-order valence-electron chi connectivity index (χ3n) is 3.01. The molecule has 0 saturated heterocycles. The summed E-state index contributed by atoms with van der Waals surface area (Å²) in [5, 5.41) is 2.24. The second kappa shape index (κ2) is 3.68. The zero-order valence-corrected chi connectivity index (χ0v) is 10.3. The van der Waals surface area contributed by atoms with E-state index in [2.05, 4.69) is 54.7 Å². The number of hydrogen-bond acceptors (Lipinski definition) is 3. The number of imidazole rings is 1. The third kappa shape index (κ3) is 1.31. The molecule has 0 saturated carbocycles. The summed E-state index contributed by atoms with van der Waals surface area (Å²) in [6.45, 7) is 0. The molecule has 3 heterocycles. The molecule has 3 aromatic rings. The summed E-state index contributed by atoms with van der Waals surface area (Å²) in [6, 6.07) is 8.46. The Hall–Kier alpha value is -2.14. The molecule has 0 aliphatic carbocycles. The van der Waals surface area contributed by atoms with Gasteiger partial charge in [-0.05, 0) is 23.1 Å². The normalized spacial score (nSPS) is 19.2. The van der Waals surface area contributed by atoms with E-state index in [0.717, 1.165) is 11.2 Å². The summed E-state index contributed by atoms with van der Waals surface area (Å²) in [7, 11) is 0. The lowest BCUT2D eigenvalue weighted by Crippen LogP contribution is -1.93. The van der Waals surface area contributed by atoms with Gasteiger partial charge in [-0.15, -0.1) is 11.1 Å². The maximum atomic E-state index is 4.36. The third-order valence-corrected chi connectivity index (χ3v) is 5.10. The van der Waals surface area contributed by atoms with Crippen LogP contribution in [-0.4, -0.2) is 18.9 Å². The number of hydrogen-bond donors (Lipinski definition) is 1. The van der Waals surface area contributed by atoms with Crippen molar-refractivity contribution in [1.82, 2.24) is 18.9 Å². The van der Waals surface area contributed by atoms with Crippen LogP contribution in [0.2, 0.25) is 0 Å². The highest BCUT2D eigenvalue weighted by molar-refractivity contribution is 8.18. The molecule has 1 unspecified atom stereocenters. The van der Waals surface area contributed by atoms with E-state index < -0.39 is 11.1 Å². The van der Waals surface area contributed by atoms with Crippen LogP contribution in [0.5, 0.6) is 0 Å². The van der Waals surface area contributed by atoms with Crippen LogP contribution in [0.25, 0.3) is 17.2 Å². The number of benzene rings is 1. The molecule has 1 aliphatic heterocycles. The van der Waals surface area contributed by atoms with Gasteiger partial charge in [-0.1, -0.05) is 18.2 Å². The van der Waals surface area contributed by atoms with Gasteiger partial charge in [0.2, 0.25) is 0 Å². The monoisotopic (exact) mass is 254 g/mol. The summed E-state index contributed by atoms with van der Waals surface area (Å²) in [5.41, 5.74) is 3.04. The highest BCUT2D eigenvalue weighted by Crippen LogP contribution is 2.47. The maximum Gasteiger partial charge on any atom is 0.172 e. The average Bonchev–Trinajstić information content (AvgIpc) is 3.01. The molecule has 0 fully saturated rings. The van der Waals surface area contributed by atoms with Crippen molar-refractivity contribution in [2.75, 3.05) is 0 Å². The Kier molecular flexibility index (Phi) is 2.01. The van der Waals surface area contributed by atoms with Gasteiger partial charge in [0, 0.05) is 4.90 Å². The van der Waals surface area contributed by atoms with E-state index in [1.807, 2.05) is 6.33 Å². The number of fused-ring (bicyclic) bond motifs is 2.